The summed E-state index contributed by atoms with van der Waals surface area (Å²) in [6, 6.07) is 0. The molecule has 0 aromatic carbocycles. The highest BCUT2D eigenvalue weighted by Crippen LogP contribution is 2.32. The highest BCUT2D eigenvalue weighted by molar-refractivity contribution is 6.09. The molecule has 1 aliphatic rings. The number of anilines is 1. The first-order chi connectivity index (χ1) is 11.0. The molecule has 1 aliphatic heterocycles. The summed E-state index contributed by atoms with van der Waals surface area (Å²) in [5.41, 5.74) is 11.5. The van der Waals surface area contributed by atoms with E-state index in [1.54, 1.807) is 0 Å². The fraction of sp³-hybridized carbons (Fsp3) is 0.455. The number of rotatable bonds is 3. The van der Waals surface area contributed by atoms with Crippen LogP contribution < -0.4 is 11.5 Å². The maximum atomic E-state index is 10.1. The lowest BCUT2D eigenvalue weighted by Gasteiger charge is -2.15. The summed E-state index contributed by atoms with van der Waals surface area (Å²) in [6.07, 6.45) is -3.63. The average Bonchev–Trinajstić information content (AvgIpc) is 3.07. The molecule has 1 saturated heterocycles. The zero-order valence-corrected chi connectivity index (χ0v) is 11.7. The lowest BCUT2D eigenvalue weighted by Crippen LogP contribution is -2.33. The standard InChI is InChI=1S/C11H15N7O5/c12-8-4-5(9(13)17-22)16-18(10(4)15-2-14-8)11-7(21)6(20)3(1-19)23-11/h2-3,6-7,11,19-22H,1H2,(H2,13,17)(H2,12,14,15)/t3-,6-,7-,11?/m1/s1. The largest absolute Gasteiger partial charge is 0.409 e. The number of aliphatic hydroxyl groups excluding tert-OH is 3. The molecule has 0 amide bonds. The monoisotopic (exact) mass is 325 g/mol. The predicted molar refractivity (Wildman–Crippen MR) is 75.3 cm³/mol. The van der Waals surface area contributed by atoms with Gasteiger partial charge in [0.25, 0.3) is 0 Å². The molecule has 0 aliphatic carbocycles. The molecule has 3 rings (SSSR count). The molecule has 23 heavy (non-hydrogen) atoms. The molecule has 0 saturated carbocycles. The van der Waals surface area contributed by atoms with Gasteiger partial charge in [0.15, 0.2) is 17.7 Å². The maximum absolute atomic E-state index is 10.1. The Bertz CT molecular complexity index is 763. The average molecular weight is 325 g/mol. The van der Waals surface area contributed by atoms with Gasteiger partial charge in [-0.3, -0.25) is 0 Å². The van der Waals surface area contributed by atoms with Crippen molar-refractivity contribution in [3.8, 4) is 0 Å². The van der Waals surface area contributed by atoms with E-state index in [0.717, 1.165) is 4.68 Å². The molecular formula is C11H15N7O5. The summed E-state index contributed by atoms with van der Waals surface area (Å²) in [7, 11) is 0. The van der Waals surface area contributed by atoms with E-state index in [4.69, 9.17) is 26.5 Å². The van der Waals surface area contributed by atoms with Crippen LogP contribution in [-0.2, 0) is 4.74 Å². The van der Waals surface area contributed by atoms with E-state index in [9.17, 15) is 10.2 Å². The Morgan fingerprint density at radius 3 is 2.70 bits per heavy atom. The SMILES string of the molecule is N/C(=N\O)c1nn(C2O[C@H](CO)[C@@H](O)[C@H]2O)c2ncnc(N)c12. The van der Waals surface area contributed by atoms with Crippen molar-refractivity contribution in [2.24, 2.45) is 10.9 Å². The van der Waals surface area contributed by atoms with Crippen molar-refractivity contribution in [3.63, 3.8) is 0 Å². The van der Waals surface area contributed by atoms with Crippen molar-refractivity contribution in [2.75, 3.05) is 12.3 Å². The number of nitrogen functional groups attached to an aromatic ring is 1. The van der Waals surface area contributed by atoms with Crippen LogP contribution in [0.2, 0.25) is 0 Å². The van der Waals surface area contributed by atoms with Gasteiger partial charge in [0.2, 0.25) is 0 Å². The van der Waals surface area contributed by atoms with Crippen LogP contribution in [-0.4, -0.2) is 71.0 Å². The maximum Gasteiger partial charge on any atom is 0.191 e. The molecule has 12 nitrogen and oxygen atoms in total. The first-order valence-electron chi connectivity index (χ1n) is 6.58. The summed E-state index contributed by atoms with van der Waals surface area (Å²) in [5, 5.41) is 45.2. The van der Waals surface area contributed by atoms with Gasteiger partial charge in [-0.25, -0.2) is 14.6 Å². The summed E-state index contributed by atoms with van der Waals surface area (Å²) in [5.74, 6) is -0.295. The van der Waals surface area contributed by atoms with E-state index in [-0.39, 0.29) is 28.4 Å². The van der Waals surface area contributed by atoms with Crippen LogP contribution in [0.25, 0.3) is 11.0 Å². The molecule has 124 valence electrons. The minimum Gasteiger partial charge on any atom is -0.409 e. The van der Waals surface area contributed by atoms with Crippen LogP contribution in [0.4, 0.5) is 5.82 Å². The van der Waals surface area contributed by atoms with Gasteiger partial charge in [0.1, 0.15) is 36.2 Å². The number of aromatic nitrogens is 4. The Morgan fingerprint density at radius 2 is 2.09 bits per heavy atom. The molecule has 0 bridgehead atoms. The van der Waals surface area contributed by atoms with Gasteiger partial charge < -0.3 is 36.7 Å². The summed E-state index contributed by atoms with van der Waals surface area (Å²) in [4.78, 5) is 7.83. The Balaban J connectivity index is 2.18. The number of hydrogen-bond donors (Lipinski definition) is 6. The van der Waals surface area contributed by atoms with Gasteiger partial charge in [-0.1, -0.05) is 5.16 Å². The normalized spacial score (nSPS) is 28.6. The van der Waals surface area contributed by atoms with Crippen LogP contribution >= 0.6 is 0 Å². The number of oxime groups is 1. The number of nitrogens with two attached hydrogens (primary N) is 2. The van der Waals surface area contributed by atoms with Gasteiger partial charge in [-0.05, 0) is 0 Å². The number of amidine groups is 1. The molecule has 3 heterocycles. The quantitative estimate of drug-likeness (QED) is 0.147. The van der Waals surface area contributed by atoms with Crippen molar-refractivity contribution >= 4 is 22.7 Å². The number of fused-ring (bicyclic) bond motifs is 1. The van der Waals surface area contributed by atoms with Crippen molar-refractivity contribution in [1.82, 2.24) is 19.7 Å². The predicted octanol–water partition coefficient (Wildman–Crippen LogP) is -2.89. The summed E-state index contributed by atoms with van der Waals surface area (Å²) in [6.45, 7) is -0.488. The molecule has 0 radical (unpaired) electrons. The summed E-state index contributed by atoms with van der Waals surface area (Å²) < 4.78 is 6.55. The topological polar surface area (TPSA) is 198 Å². The van der Waals surface area contributed by atoms with E-state index in [1.807, 2.05) is 0 Å². The third-order valence-electron chi connectivity index (χ3n) is 3.63. The molecule has 2 aromatic heterocycles. The van der Waals surface area contributed by atoms with E-state index in [2.05, 4.69) is 20.2 Å². The second-order valence-corrected chi connectivity index (χ2v) is 4.96. The third-order valence-corrected chi connectivity index (χ3v) is 3.63. The van der Waals surface area contributed by atoms with E-state index in [1.165, 1.54) is 6.33 Å². The van der Waals surface area contributed by atoms with E-state index < -0.39 is 31.1 Å². The van der Waals surface area contributed by atoms with E-state index >= 15 is 0 Å². The number of hydrogen-bond acceptors (Lipinski definition) is 10. The molecule has 0 spiro atoms. The Morgan fingerprint density at radius 1 is 1.35 bits per heavy atom. The van der Waals surface area contributed by atoms with Crippen molar-refractivity contribution in [1.29, 1.82) is 0 Å². The molecule has 8 N–H and O–H groups in total. The van der Waals surface area contributed by atoms with Gasteiger partial charge in [-0.15, -0.1) is 0 Å². The minimum atomic E-state index is -1.37. The fourth-order valence-corrected chi connectivity index (χ4v) is 2.48. The molecule has 12 heteroatoms. The van der Waals surface area contributed by atoms with Crippen LogP contribution in [0, 0.1) is 0 Å². The molecule has 1 fully saturated rings. The van der Waals surface area contributed by atoms with Crippen molar-refractivity contribution < 1.29 is 25.3 Å². The molecule has 2 aromatic rings. The van der Waals surface area contributed by atoms with Gasteiger partial charge >= 0.3 is 0 Å². The highest BCUT2D eigenvalue weighted by atomic mass is 16.6. The zero-order chi connectivity index (χ0) is 16.7. The third kappa shape index (κ3) is 2.24. The first-order valence-corrected chi connectivity index (χ1v) is 6.58. The lowest BCUT2D eigenvalue weighted by atomic mass is 10.1. The van der Waals surface area contributed by atoms with Crippen LogP contribution in [0.1, 0.15) is 11.9 Å². The Hall–Kier alpha value is -2.54. The highest BCUT2D eigenvalue weighted by Gasteiger charge is 2.45. The lowest BCUT2D eigenvalue weighted by molar-refractivity contribution is -0.0566. The minimum absolute atomic E-state index is 0.00154. The van der Waals surface area contributed by atoms with Gasteiger partial charge in [0.05, 0.1) is 12.0 Å². The number of ether oxygens (including phenoxy) is 1. The molecule has 1 unspecified atom stereocenters. The molecular weight excluding hydrogens is 310 g/mol. The van der Waals surface area contributed by atoms with E-state index in [0.29, 0.717) is 0 Å². The van der Waals surface area contributed by atoms with Gasteiger partial charge in [-0.2, -0.15) is 5.10 Å². The smallest absolute Gasteiger partial charge is 0.191 e. The second kappa shape index (κ2) is 5.58. The first kappa shape index (κ1) is 15.4. The summed E-state index contributed by atoms with van der Waals surface area (Å²) >= 11 is 0. The second-order valence-electron chi connectivity index (χ2n) is 4.96. The number of aliphatic hydroxyl groups is 3. The van der Waals surface area contributed by atoms with Gasteiger partial charge in [0, 0.05) is 0 Å². The Kier molecular flexibility index (Phi) is 3.73. The number of nitrogens with zero attached hydrogens (tertiary/aromatic N) is 5. The Labute approximate surface area is 128 Å². The van der Waals surface area contributed by atoms with Crippen LogP contribution in [0.5, 0.6) is 0 Å². The molecule has 4 atom stereocenters. The zero-order valence-electron chi connectivity index (χ0n) is 11.7. The van der Waals surface area contributed by atoms with Crippen molar-refractivity contribution in [2.45, 2.75) is 24.5 Å². The van der Waals surface area contributed by atoms with Crippen molar-refractivity contribution in [3.05, 3.63) is 12.0 Å². The van der Waals surface area contributed by atoms with Crippen LogP contribution in [0.15, 0.2) is 11.5 Å². The fourth-order valence-electron chi connectivity index (χ4n) is 2.48. The van der Waals surface area contributed by atoms with Crippen LogP contribution in [0.3, 0.4) is 0 Å².